The number of fused-ring (bicyclic) bond motifs is 1. The zero-order valence-corrected chi connectivity index (χ0v) is 31.6. The van der Waals surface area contributed by atoms with E-state index in [0.29, 0.717) is 11.4 Å². The van der Waals surface area contributed by atoms with Crippen LogP contribution in [0, 0.1) is 6.92 Å². The molecule has 9 aromatic rings. The first-order valence-corrected chi connectivity index (χ1v) is 19.0. The van der Waals surface area contributed by atoms with Gasteiger partial charge in [0.25, 0.3) is 0 Å². The van der Waals surface area contributed by atoms with E-state index in [9.17, 15) is 5.11 Å². The lowest BCUT2D eigenvalue weighted by atomic mass is 9.93. The minimum Gasteiger partial charge on any atom is -0.507 e. The normalized spacial score (nSPS) is 11.8. The first-order chi connectivity index (χ1) is 27.7. The molecule has 0 saturated heterocycles. The minimum atomic E-state index is -0.665. The van der Waals surface area contributed by atoms with Crippen molar-refractivity contribution in [1.82, 2.24) is 14.5 Å². The minimum absolute atomic E-state index is 0.168. The number of benzene rings is 7. The molecule has 1 N–H and O–H groups in total. The van der Waals surface area contributed by atoms with Gasteiger partial charge in [-0.25, -0.2) is 4.98 Å². The van der Waals surface area contributed by atoms with Crippen molar-refractivity contribution in [3.8, 4) is 78.6 Å². The van der Waals surface area contributed by atoms with Crippen LogP contribution in [0.5, 0.6) is 5.75 Å². The van der Waals surface area contributed by atoms with Gasteiger partial charge in [0.2, 0.25) is 0 Å². The molecule has 56 heavy (non-hydrogen) atoms. The summed E-state index contributed by atoms with van der Waals surface area (Å²) < 4.78 is 10.7. The van der Waals surface area contributed by atoms with Crippen LogP contribution in [0.15, 0.2) is 182 Å². The topological polar surface area (TPSA) is 50.9 Å². The van der Waals surface area contributed by atoms with Gasteiger partial charge in [0.05, 0.1) is 28.0 Å². The smallest absolute Gasteiger partial charge is 0.149 e. The van der Waals surface area contributed by atoms with Gasteiger partial charge < -0.3 is 5.11 Å². The molecule has 0 spiro atoms. The standard InChI is InChI=1S/C52H41N3O/c1-34(2)36-22-24-38(25-23-36)40-27-28-53-47(33-40)43-31-41(37-13-6-4-7-14-37)30-42(32-43)44-18-12-19-49-51(44)54-52(45-17-10-11-20-50(45)56)55(49)48-26-21-35(3)29-46(48)39-15-8-5-9-16-39/h4-34,56H,1-3H3/i34D. The molecule has 0 aliphatic rings. The Labute approximate surface area is 329 Å². The van der Waals surface area contributed by atoms with Gasteiger partial charge >= 0.3 is 0 Å². The van der Waals surface area contributed by atoms with Crippen LogP contribution in [0.25, 0.3) is 83.9 Å². The van der Waals surface area contributed by atoms with Crippen LogP contribution < -0.4 is 0 Å². The molecule has 0 aliphatic heterocycles. The van der Waals surface area contributed by atoms with Crippen molar-refractivity contribution < 1.29 is 6.48 Å². The van der Waals surface area contributed by atoms with Gasteiger partial charge in [0.1, 0.15) is 11.6 Å². The Morgan fingerprint density at radius 1 is 0.536 bits per heavy atom. The molecule has 0 radical (unpaired) electrons. The van der Waals surface area contributed by atoms with Gasteiger partial charge in [-0.15, -0.1) is 0 Å². The summed E-state index contributed by atoms with van der Waals surface area (Å²) in [6.45, 7) is 5.93. The summed E-state index contributed by atoms with van der Waals surface area (Å²) in [5.74, 6) is 0.160. The molecular weight excluding hydrogens is 683 g/mol. The number of rotatable bonds is 8. The number of nitrogens with zero attached hydrogens (tertiary/aromatic N) is 3. The van der Waals surface area contributed by atoms with E-state index in [2.05, 4.69) is 133 Å². The van der Waals surface area contributed by atoms with Crippen molar-refractivity contribution in [3.63, 3.8) is 0 Å². The number of imidazole rings is 1. The van der Waals surface area contributed by atoms with Crippen molar-refractivity contribution >= 4 is 11.0 Å². The number of aryl methyl sites for hydroxylation is 1. The molecule has 2 heterocycles. The van der Waals surface area contributed by atoms with Crippen molar-refractivity contribution in [2.24, 2.45) is 0 Å². The molecule has 0 atom stereocenters. The van der Waals surface area contributed by atoms with Crippen LogP contribution in [-0.2, 0) is 0 Å². The number of aromatic hydroxyl groups is 1. The summed E-state index contributed by atoms with van der Waals surface area (Å²) >= 11 is 0. The fraction of sp³-hybridized carbons (Fsp3) is 0.0769. The van der Waals surface area contributed by atoms with E-state index >= 15 is 0 Å². The van der Waals surface area contributed by atoms with Crippen LogP contribution in [-0.4, -0.2) is 19.6 Å². The summed E-state index contributed by atoms with van der Waals surface area (Å²) in [5.41, 5.74) is 15.8. The van der Waals surface area contributed by atoms with E-state index in [1.165, 1.54) is 0 Å². The second kappa shape index (κ2) is 14.7. The number of aromatic nitrogens is 3. The number of pyridine rings is 1. The summed E-state index contributed by atoms with van der Waals surface area (Å²) in [6.07, 6.45) is 1.87. The quantitative estimate of drug-likeness (QED) is 0.170. The first kappa shape index (κ1) is 33.5. The van der Waals surface area contributed by atoms with Crippen molar-refractivity contribution in [2.75, 3.05) is 0 Å². The predicted octanol–water partition coefficient (Wildman–Crippen LogP) is 13.6. The highest BCUT2D eigenvalue weighted by atomic mass is 16.3. The van der Waals surface area contributed by atoms with E-state index in [4.69, 9.17) is 11.3 Å². The van der Waals surface area contributed by atoms with Gasteiger partial charge in [-0.3, -0.25) is 9.55 Å². The second-order valence-electron chi connectivity index (χ2n) is 14.5. The van der Waals surface area contributed by atoms with Crippen molar-refractivity contribution in [1.29, 1.82) is 0 Å². The second-order valence-corrected chi connectivity index (χ2v) is 14.5. The Bertz CT molecular complexity index is 2890. The highest BCUT2D eigenvalue weighted by Crippen LogP contribution is 2.41. The van der Waals surface area contributed by atoms with Gasteiger partial charge in [-0.2, -0.15) is 0 Å². The highest BCUT2D eigenvalue weighted by molar-refractivity contribution is 5.98. The van der Waals surface area contributed by atoms with E-state index < -0.39 is 5.89 Å². The van der Waals surface area contributed by atoms with E-state index in [-0.39, 0.29) is 5.75 Å². The maximum absolute atomic E-state index is 11.3. The molecule has 7 aromatic carbocycles. The molecule has 0 aliphatic carbocycles. The number of hydrogen-bond acceptors (Lipinski definition) is 3. The zero-order chi connectivity index (χ0) is 39.1. The third-order valence-corrected chi connectivity index (χ3v) is 10.5. The largest absolute Gasteiger partial charge is 0.507 e. The van der Waals surface area contributed by atoms with Crippen LogP contribution in [0.2, 0.25) is 0 Å². The maximum atomic E-state index is 11.3. The van der Waals surface area contributed by atoms with Crippen LogP contribution >= 0.6 is 0 Å². The van der Waals surface area contributed by atoms with Gasteiger partial charge in [-0.05, 0) is 112 Å². The predicted molar refractivity (Wildman–Crippen MR) is 232 cm³/mol. The lowest BCUT2D eigenvalue weighted by Gasteiger charge is -2.16. The molecule has 270 valence electrons. The van der Waals surface area contributed by atoms with Gasteiger partial charge in [0.15, 0.2) is 0 Å². The third kappa shape index (κ3) is 6.56. The number of para-hydroxylation sites is 2. The zero-order valence-electron chi connectivity index (χ0n) is 32.6. The molecule has 0 unspecified atom stereocenters. The average molecular weight is 725 g/mol. The Kier molecular flexibility index (Phi) is 8.77. The molecule has 0 amide bonds. The fourth-order valence-electron chi connectivity index (χ4n) is 7.61. The number of phenolic OH excluding ortho intramolecular Hbond substituents is 1. The number of hydrogen-bond donors (Lipinski definition) is 1. The average Bonchev–Trinajstić information content (AvgIpc) is 3.63. The van der Waals surface area contributed by atoms with Crippen molar-refractivity contribution in [3.05, 3.63) is 193 Å². The van der Waals surface area contributed by atoms with E-state index in [0.717, 1.165) is 83.6 Å². The lowest BCUT2D eigenvalue weighted by Crippen LogP contribution is -2.01. The Morgan fingerprint density at radius 3 is 1.95 bits per heavy atom. The van der Waals surface area contributed by atoms with E-state index in [1.54, 1.807) is 6.07 Å². The molecule has 2 aromatic heterocycles. The van der Waals surface area contributed by atoms with Gasteiger partial charge in [-0.1, -0.05) is 135 Å². The van der Waals surface area contributed by atoms with E-state index in [1.807, 2.05) is 68.6 Å². The van der Waals surface area contributed by atoms with Crippen LogP contribution in [0.4, 0.5) is 0 Å². The first-order valence-electron chi connectivity index (χ1n) is 19.5. The molecule has 4 heteroatoms. The summed E-state index contributed by atoms with van der Waals surface area (Å²) in [5, 5.41) is 11.3. The summed E-state index contributed by atoms with van der Waals surface area (Å²) in [4.78, 5) is 10.3. The van der Waals surface area contributed by atoms with Crippen molar-refractivity contribution in [2.45, 2.75) is 26.7 Å². The van der Waals surface area contributed by atoms with Gasteiger partial charge in [0, 0.05) is 24.3 Å². The summed E-state index contributed by atoms with van der Waals surface area (Å²) in [7, 11) is 0. The Morgan fingerprint density at radius 2 is 1.20 bits per heavy atom. The highest BCUT2D eigenvalue weighted by Gasteiger charge is 2.22. The third-order valence-electron chi connectivity index (χ3n) is 10.5. The Balaban J connectivity index is 1.26. The molecular formula is C52H41N3O. The number of phenols is 1. The Hall–Kier alpha value is -7.04. The SMILES string of the molecule is [2H]C(C)(C)c1ccc(-c2ccnc(-c3cc(-c4ccccc4)cc(-c4cccc5c4nc(-c4ccccc4O)n5-c4ccc(C)cc4-c4ccccc4)c3)c2)cc1. The van der Waals surface area contributed by atoms with Crippen LogP contribution in [0.3, 0.4) is 0 Å². The molecule has 0 bridgehead atoms. The lowest BCUT2D eigenvalue weighted by molar-refractivity contribution is 0.477. The molecule has 4 nitrogen and oxygen atoms in total. The summed E-state index contributed by atoms with van der Waals surface area (Å²) in [6, 6.07) is 60.2. The fourth-order valence-corrected chi connectivity index (χ4v) is 7.61. The maximum Gasteiger partial charge on any atom is 0.149 e. The molecule has 0 saturated carbocycles. The molecule has 9 rings (SSSR count). The van der Waals surface area contributed by atoms with Crippen LogP contribution in [0.1, 0.15) is 32.2 Å². The monoisotopic (exact) mass is 724 g/mol. The molecule has 0 fully saturated rings.